The minimum absolute atomic E-state index is 0.436. The van der Waals surface area contributed by atoms with Crippen molar-refractivity contribution >= 4 is 0 Å². The molecule has 0 saturated carbocycles. The van der Waals surface area contributed by atoms with E-state index in [1.54, 1.807) is 7.11 Å². The molecular formula is C13H23N3O2. The van der Waals surface area contributed by atoms with Crippen molar-refractivity contribution in [3.05, 3.63) is 16.8 Å². The predicted octanol–water partition coefficient (Wildman–Crippen LogP) is 1.48. The van der Waals surface area contributed by atoms with Crippen LogP contribution in [0, 0.1) is 0 Å². The van der Waals surface area contributed by atoms with E-state index in [1.807, 2.05) is 0 Å². The molecule has 0 fully saturated rings. The van der Waals surface area contributed by atoms with Crippen LogP contribution in [0.2, 0.25) is 0 Å². The fraction of sp³-hybridized carbons (Fsp3) is 0.692. The molecule has 5 nitrogen and oxygen atoms in total. The van der Waals surface area contributed by atoms with Crippen LogP contribution in [0.15, 0.2) is 0 Å². The van der Waals surface area contributed by atoms with Gasteiger partial charge in [-0.05, 0) is 18.4 Å². The summed E-state index contributed by atoms with van der Waals surface area (Å²) in [6, 6.07) is 0. The number of hydrogen-bond acceptors (Lipinski definition) is 5. The zero-order valence-corrected chi connectivity index (χ0v) is 11.5. The van der Waals surface area contributed by atoms with E-state index in [9.17, 15) is 0 Å². The summed E-state index contributed by atoms with van der Waals surface area (Å²) in [6.45, 7) is 5.86. The molecule has 18 heavy (non-hydrogen) atoms. The van der Waals surface area contributed by atoms with E-state index in [-0.39, 0.29) is 0 Å². The molecule has 0 aliphatic carbocycles. The van der Waals surface area contributed by atoms with Crippen molar-refractivity contribution in [1.29, 1.82) is 0 Å². The Morgan fingerprint density at radius 2 is 1.83 bits per heavy atom. The number of methoxy groups -OCH3 is 1. The van der Waals surface area contributed by atoms with Crippen LogP contribution in [0.4, 0.5) is 0 Å². The van der Waals surface area contributed by atoms with Gasteiger partial charge in [0.05, 0.1) is 12.3 Å². The lowest BCUT2D eigenvalue weighted by atomic mass is 10.0. The first-order valence-electron chi connectivity index (χ1n) is 6.47. The highest BCUT2D eigenvalue weighted by Crippen LogP contribution is 2.22. The van der Waals surface area contributed by atoms with E-state index < -0.39 is 0 Å². The average Bonchev–Trinajstić information content (AvgIpc) is 2.42. The summed E-state index contributed by atoms with van der Waals surface area (Å²) in [6.07, 6.45) is 2.60. The normalized spacial score (nSPS) is 10.7. The van der Waals surface area contributed by atoms with Gasteiger partial charge < -0.3 is 15.2 Å². The van der Waals surface area contributed by atoms with Crippen molar-refractivity contribution in [2.75, 3.05) is 20.3 Å². The van der Waals surface area contributed by atoms with Crippen molar-refractivity contribution < 1.29 is 9.47 Å². The Kier molecular flexibility index (Phi) is 6.60. The van der Waals surface area contributed by atoms with Crippen LogP contribution in [-0.4, -0.2) is 30.5 Å². The molecule has 0 spiro atoms. The van der Waals surface area contributed by atoms with Crippen molar-refractivity contribution in [2.45, 2.75) is 39.7 Å². The second-order valence-corrected chi connectivity index (χ2v) is 4.01. The molecule has 1 aromatic rings. The zero-order valence-electron chi connectivity index (χ0n) is 11.5. The molecule has 0 aliphatic rings. The van der Waals surface area contributed by atoms with Gasteiger partial charge in [-0.1, -0.05) is 13.8 Å². The SMILES string of the molecule is CCc1nnc(OCCCOC)c(CN)c1CC. The van der Waals surface area contributed by atoms with Gasteiger partial charge in [-0.15, -0.1) is 5.10 Å². The van der Waals surface area contributed by atoms with E-state index in [0.717, 1.165) is 30.5 Å². The topological polar surface area (TPSA) is 70.3 Å². The lowest BCUT2D eigenvalue weighted by molar-refractivity contribution is 0.169. The third-order valence-corrected chi connectivity index (χ3v) is 2.86. The molecule has 1 rings (SSSR count). The number of aryl methyl sites for hydroxylation is 1. The lowest BCUT2D eigenvalue weighted by Gasteiger charge is -2.14. The molecule has 0 unspecified atom stereocenters. The van der Waals surface area contributed by atoms with Gasteiger partial charge in [0.1, 0.15) is 0 Å². The number of hydrogen-bond donors (Lipinski definition) is 1. The number of ether oxygens (including phenoxy) is 2. The highest BCUT2D eigenvalue weighted by atomic mass is 16.5. The van der Waals surface area contributed by atoms with Gasteiger partial charge >= 0.3 is 0 Å². The molecule has 2 N–H and O–H groups in total. The average molecular weight is 253 g/mol. The maximum atomic E-state index is 5.81. The second-order valence-electron chi connectivity index (χ2n) is 4.01. The third-order valence-electron chi connectivity index (χ3n) is 2.86. The summed E-state index contributed by atoms with van der Waals surface area (Å²) in [5.41, 5.74) is 8.99. The molecule has 102 valence electrons. The summed E-state index contributed by atoms with van der Waals surface area (Å²) in [4.78, 5) is 0. The first kappa shape index (κ1) is 14.9. The number of nitrogens with zero attached hydrogens (tertiary/aromatic N) is 2. The number of aromatic nitrogens is 2. The predicted molar refractivity (Wildman–Crippen MR) is 70.7 cm³/mol. The Hall–Kier alpha value is -1.20. The minimum Gasteiger partial charge on any atom is -0.476 e. The van der Waals surface area contributed by atoms with E-state index >= 15 is 0 Å². The first-order chi connectivity index (χ1) is 8.78. The van der Waals surface area contributed by atoms with Gasteiger partial charge in [-0.2, -0.15) is 5.10 Å². The molecule has 0 aromatic carbocycles. The summed E-state index contributed by atoms with van der Waals surface area (Å²) < 4.78 is 10.6. The van der Waals surface area contributed by atoms with Crippen LogP contribution in [0.25, 0.3) is 0 Å². The van der Waals surface area contributed by atoms with E-state index in [1.165, 1.54) is 5.56 Å². The van der Waals surface area contributed by atoms with Crippen LogP contribution in [-0.2, 0) is 24.1 Å². The van der Waals surface area contributed by atoms with Crippen molar-refractivity contribution in [1.82, 2.24) is 10.2 Å². The molecule has 1 aromatic heterocycles. The van der Waals surface area contributed by atoms with Gasteiger partial charge in [0, 0.05) is 32.2 Å². The van der Waals surface area contributed by atoms with Crippen LogP contribution in [0.3, 0.4) is 0 Å². The highest BCUT2D eigenvalue weighted by molar-refractivity contribution is 5.36. The molecule has 1 heterocycles. The fourth-order valence-corrected chi connectivity index (χ4v) is 1.93. The Morgan fingerprint density at radius 3 is 2.39 bits per heavy atom. The molecule has 0 saturated heterocycles. The molecule has 0 radical (unpaired) electrons. The van der Waals surface area contributed by atoms with E-state index in [4.69, 9.17) is 15.2 Å². The number of nitrogens with two attached hydrogens (primary N) is 1. The Bertz CT molecular complexity index is 369. The van der Waals surface area contributed by atoms with Crippen LogP contribution >= 0.6 is 0 Å². The lowest BCUT2D eigenvalue weighted by Crippen LogP contribution is -2.13. The Morgan fingerprint density at radius 1 is 1.06 bits per heavy atom. The molecular weight excluding hydrogens is 230 g/mol. The highest BCUT2D eigenvalue weighted by Gasteiger charge is 2.14. The maximum Gasteiger partial charge on any atom is 0.238 e. The monoisotopic (exact) mass is 253 g/mol. The standard InChI is InChI=1S/C13H23N3O2/c1-4-10-11(9-14)13(16-15-12(10)5-2)18-8-6-7-17-3/h4-9,14H2,1-3H3. The molecule has 5 heteroatoms. The molecule has 0 bridgehead atoms. The second kappa shape index (κ2) is 8.00. The molecule has 0 amide bonds. The minimum atomic E-state index is 0.436. The summed E-state index contributed by atoms with van der Waals surface area (Å²) in [5, 5.41) is 8.35. The quantitative estimate of drug-likeness (QED) is 0.710. The van der Waals surface area contributed by atoms with Gasteiger partial charge in [0.15, 0.2) is 0 Å². The summed E-state index contributed by atoms with van der Waals surface area (Å²) in [5.74, 6) is 0.572. The van der Waals surface area contributed by atoms with Gasteiger partial charge in [0.2, 0.25) is 5.88 Å². The smallest absolute Gasteiger partial charge is 0.238 e. The third kappa shape index (κ3) is 3.65. The van der Waals surface area contributed by atoms with Crippen LogP contribution < -0.4 is 10.5 Å². The van der Waals surface area contributed by atoms with Gasteiger partial charge in [-0.3, -0.25) is 0 Å². The van der Waals surface area contributed by atoms with Gasteiger partial charge in [0.25, 0.3) is 0 Å². The Balaban J connectivity index is 2.84. The molecule has 0 aliphatic heterocycles. The van der Waals surface area contributed by atoms with E-state index in [2.05, 4.69) is 24.0 Å². The van der Waals surface area contributed by atoms with Gasteiger partial charge in [-0.25, -0.2) is 0 Å². The molecule has 0 atom stereocenters. The van der Waals surface area contributed by atoms with Crippen molar-refractivity contribution in [3.8, 4) is 5.88 Å². The number of rotatable bonds is 8. The van der Waals surface area contributed by atoms with Crippen molar-refractivity contribution in [2.24, 2.45) is 5.73 Å². The van der Waals surface area contributed by atoms with Crippen LogP contribution in [0.1, 0.15) is 37.1 Å². The summed E-state index contributed by atoms with van der Waals surface area (Å²) in [7, 11) is 1.68. The van der Waals surface area contributed by atoms with Crippen molar-refractivity contribution in [3.63, 3.8) is 0 Å². The van der Waals surface area contributed by atoms with E-state index in [0.29, 0.717) is 25.6 Å². The summed E-state index contributed by atoms with van der Waals surface area (Å²) >= 11 is 0. The van der Waals surface area contributed by atoms with Crippen LogP contribution in [0.5, 0.6) is 5.88 Å². The zero-order chi connectivity index (χ0) is 13.4. The Labute approximate surface area is 109 Å². The first-order valence-corrected chi connectivity index (χ1v) is 6.47. The largest absolute Gasteiger partial charge is 0.476 e. The maximum absolute atomic E-state index is 5.81. The fourth-order valence-electron chi connectivity index (χ4n) is 1.93.